The number of fused-ring (bicyclic) bond motifs is 2. The Bertz CT molecular complexity index is 1400. The van der Waals surface area contributed by atoms with Gasteiger partial charge in [0.2, 0.25) is 0 Å². The van der Waals surface area contributed by atoms with Gasteiger partial charge in [0, 0.05) is 34.3 Å². The van der Waals surface area contributed by atoms with Gasteiger partial charge in [-0.25, -0.2) is 0 Å². The first kappa shape index (κ1) is 17.4. The first-order chi connectivity index (χ1) is 14.1. The lowest BCUT2D eigenvalue weighted by atomic mass is 9.93. The zero-order valence-corrected chi connectivity index (χ0v) is 16.2. The van der Waals surface area contributed by atoms with Crippen LogP contribution in [0.25, 0.3) is 33.1 Å². The Balaban J connectivity index is 1.71. The van der Waals surface area contributed by atoms with E-state index >= 15 is 0 Å². The van der Waals surface area contributed by atoms with E-state index in [-0.39, 0.29) is 11.5 Å². The minimum Gasteiger partial charge on any atom is -0.322 e. The van der Waals surface area contributed by atoms with Gasteiger partial charge in [0.25, 0.3) is 5.56 Å². The molecule has 2 N–H and O–H groups in total. The number of pyridine rings is 2. The van der Waals surface area contributed by atoms with Crippen LogP contribution in [0.15, 0.2) is 71.7 Å². The molecule has 0 amide bonds. The van der Waals surface area contributed by atoms with E-state index in [0.717, 1.165) is 49.9 Å². The second-order valence-corrected chi connectivity index (χ2v) is 7.38. The number of nitrogens with zero attached hydrogens (tertiary/aromatic N) is 2. The van der Waals surface area contributed by atoms with E-state index < -0.39 is 0 Å². The number of aromatic nitrogens is 4. The Morgan fingerprint density at radius 3 is 2.59 bits per heavy atom. The van der Waals surface area contributed by atoms with Crippen molar-refractivity contribution >= 4 is 21.8 Å². The van der Waals surface area contributed by atoms with Crippen LogP contribution >= 0.6 is 0 Å². The summed E-state index contributed by atoms with van der Waals surface area (Å²) in [6.07, 6.45) is 1.78. The lowest BCUT2D eigenvalue weighted by molar-refractivity contribution is 0.901. The van der Waals surface area contributed by atoms with Crippen LogP contribution in [0.4, 0.5) is 0 Å². The number of H-pyrrole nitrogens is 2. The van der Waals surface area contributed by atoms with E-state index in [0.29, 0.717) is 0 Å². The van der Waals surface area contributed by atoms with Gasteiger partial charge < -0.3 is 4.98 Å². The van der Waals surface area contributed by atoms with Gasteiger partial charge in [-0.1, -0.05) is 37.3 Å². The van der Waals surface area contributed by atoms with E-state index in [1.807, 2.05) is 49.4 Å². The summed E-state index contributed by atoms with van der Waals surface area (Å²) in [4.78, 5) is 20.2. The molecule has 0 spiro atoms. The predicted molar refractivity (Wildman–Crippen MR) is 116 cm³/mol. The zero-order valence-electron chi connectivity index (χ0n) is 16.2. The van der Waals surface area contributed by atoms with E-state index in [1.54, 1.807) is 6.20 Å². The summed E-state index contributed by atoms with van der Waals surface area (Å²) in [5, 5.41) is 9.61. The van der Waals surface area contributed by atoms with E-state index in [2.05, 4.69) is 45.3 Å². The summed E-state index contributed by atoms with van der Waals surface area (Å²) in [6.45, 7) is 4.04. The van der Waals surface area contributed by atoms with Crippen LogP contribution in [0.3, 0.4) is 0 Å². The molecule has 3 aromatic heterocycles. The molecule has 29 heavy (non-hydrogen) atoms. The number of aryl methyl sites for hydroxylation is 1. The molecule has 3 heterocycles. The molecule has 5 aromatic rings. The van der Waals surface area contributed by atoms with Gasteiger partial charge in [0.1, 0.15) is 5.69 Å². The lowest BCUT2D eigenvalue weighted by Crippen LogP contribution is -2.15. The Hall–Kier alpha value is -3.73. The van der Waals surface area contributed by atoms with E-state index in [9.17, 15) is 4.79 Å². The summed E-state index contributed by atoms with van der Waals surface area (Å²) in [5.74, 6) is 0.00411. The average Bonchev–Trinajstić information content (AvgIpc) is 3.14. The van der Waals surface area contributed by atoms with Crippen molar-refractivity contribution in [3.8, 4) is 11.3 Å². The van der Waals surface area contributed by atoms with Crippen LogP contribution in [0.1, 0.15) is 29.7 Å². The largest absolute Gasteiger partial charge is 0.322 e. The van der Waals surface area contributed by atoms with Crippen molar-refractivity contribution in [1.82, 2.24) is 20.2 Å². The monoisotopic (exact) mass is 380 g/mol. The van der Waals surface area contributed by atoms with E-state index in [1.165, 1.54) is 0 Å². The van der Waals surface area contributed by atoms with Gasteiger partial charge in [-0.05, 0) is 48.2 Å². The molecule has 0 bridgehead atoms. The highest BCUT2D eigenvalue weighted by Crippen LogP contribution is 2.31. The fraction of sp³-hybridized carbons (Fsp3) is 0.125. The summed E-state index contributed by atoms with van der Waals surface area (Å²) >= 11 is 0. The van der Waals surface area contributed by atoms with Gasteiger partial charge >= 0.3 is 0 Å². The third-order valence-electron chi connectivity index (χ3n) is 5.58. The second-order valence-electron chi connectivity index (χ2n) is 7.38. The standard InChI is InChI=1S/C24H20N4O/c1-14(16-7-4-3-5-8-16)19-11-17-12-20-22(13-21(17)26-24(19)29)27-28-23(20)18-9-6-10-25-15(18)2/h3-14H,1-2H3,(H,26,29)(H,27,28). The Kier molecular flexibility index (Phi) is 4.02. The van der Waals surface area contributed by atoms with Gasteiger partial charge in [0.15, 0.2) is 0 Å². The van der Waals surface area contributed by atoms with Crippen LogP contribution in [0.2, 0.25) is 0 Å². The molecule has 0 saturated carbocycles. The minimum atomic E-state index is -0.0592. The normalized spacial score (nSPS) is 12.5. The molecular weight excluding hydrogens is 360 g/mol. The van der Waals surface area contributed by atoms with Crippen molar-refractivity contribution in [2.45, 2.75) is 19.8 Å². The third-order valence-corrected chi connectivity index (χ3v) is 5.58. The van der Waals surface area contributed by atoms with Crippen molar-refractivity contribution in [3.05, 3.63) is 94.0 Å². The molecule has 5 heteroatoms. The molecule has 2 aromatic carbocycles. The SMILES string of the molecule is Cc1ncccc1-c1n[nH]c2cc3[nH]c(=O)c(C(C)c4ccccc4)cc3cc12. The van der Waals surface area contributed by atoms with Gasteiger partial charge in [-0.15, -0.1) is 0 Å². The highest BCUT2D eigenvalue weighted by molar-refractivity contribution is 6.01. The number of hydrogen-bond acceptors (Lipinski definition) is 3. The number of rotatable bonds is 3. The predicted octanol–water partition coefficient (Wildman–Crippen LogP) is 4.93. The first-order valence-electron chi connectivity index (χ1n) is 9.64. The van der Waals surface area contributed by atoms with Crippen molar-refractivity contribution < 1.29 is 0 Å². The van der Waals surface area contributed by atoms with Crippen LogP contribution < -0.4 is 5.56 Å². The molecule has 0 fully saturated rings. The highest BCUT2D eigenvalue weighted by Gasteiger charge is 2.16. The number of nitrogens with one attached hydrogen (secondary N) is 2. The molecule has 1 unspecified atom stereocenters. The highest BCUT2D eigenvalue weighted by atomic mass is 16.1. The molecule has 0 aliphatic carbocycles. The summed E-state index contributed by atoms with van der Waals surface area (Å²) < 4.78 is 0. The van der Waals surface area contributed by atoms with Crippen molar-refractivity contribution in [3.63, 3.8) is 0 Å². The van der Waals surface area contributed by atoms with Crippen molar-refractivity contribution in [2.24, 2.45) is 0 Å². The molecule has 5 nitrogen and oxygen atoms in total. The molecule has 1 atom stereocenters. The fourth-order valence-electron chi connectivity index (χ4n) is 3.92. The third kappa shape index (κ3) is 2.91. The Morgan fingerprint density at radius 1 is 0.966 bits per heavy atom. The maximum Gasteiger partial charge on any atom is 0.252 e. The van der Waals surface area contributed by atoms with Gasteiger partial charge in [0.05, 0.1) is 11.0 Å². The smallest absolute Gasteiger partial charge is 0.252 e. The molecule has 0 aliphatic heterocycles. The molecule has 5 rings (SSSR count). The molecule has 0 aliphatic rings. The molecule has 0 radical (unpaired) electrons. The lowest BCUT2D eigenvalue weighted by Gasteiger charge is -2.12. The summed E-state index contributed by atoms with van der Waals surface area (Å²) in [7, 11) is 0. The fourth-order valence-corrected chi connectivity index (χ4v) is 3.92. The zero-order chi connectivity index (χ0) is 20.0. The Morgan fingerprint density at radius 2 is 1.79 bits per heavy atom. The van der Waals surface area contributed by atoms with E-state index in [4.69, 9.17) is 0 Å². The topological polar surface area (TPSA) is 74.4 Å². The van der Waals surface area contributed by atoms with Crippen molar-refractivity contribution in [1.29, 1.82) is 0 Å². The maximum absolute atomic E-state index is 12.8. The van der Waals surface area contributed by atoms with Crippen molar-refractivity contribution in [2.75, 3.05) is 0 Å². The molecule has 0 saturated heterocycles. The molecule has 142 valence electrons. The van der Waals surface area contributed by atoms with Crippen LogP contribution in [-0.4, -0.2) is 20.2 Å². The van der Waals surface area contributed by atoms with Crippen LogP contribution in [-0.2, 0) is 0 Å². The average molecular weight is 380 g/mol. The minimum absolute atomic E-state index is 0.00411. The Labute approximate surface area is 167 Å². The first-order valence-corrected chi connectivity index (χ1v) is 9.64. The number of aromatic amines is 2. The number of benzene rings is 2. The van der Waals surface area contributed by atoms with Crippen LogP contribution in [0.5, 0.6) is 0 Å². The maximum atomic E-state index is 12.8. The summed E-state index contributed by atoms with van der Waals surface area (Å²) in [6, 6.07) is 20.1. The molecular formula is C24H20N4O. The van der Waals surface area contributed by atoms with Gasteiger partial charge in [-0.2, -0.15) is 5.10 Å². The second kappa shape index (κ2) is 6.71. The van der Waals surface area contributed by atoms with Gasteiger partial charge in [-0.3, -0.25) is 14.9 Å². The number of hydrogen-bond donors (Lipinski definition) is 2. The van der Waals surface area contributed by atoms with Crippen LogP contribution in [0, 0.1) is 6.92 Å². The quantitative estimate of drug-likeness (QED) is 0.466. The summed E-state index contributed by atoms with van der Waals surface area (Å²) in [5.41, 5.74) is 6.30.